The first kappa shape index (κ1) is 11.4. The van der Waals surface area contributed by atoms with Crippen molar-refractivity contribution >= 4 is 17.6 Å². The van der Waals surface area contributed by atoms with Gasteiger partial charge >= 0.3 is 5.97 Å². The van der Waals surface area contributed by atoms with Crippen LogP contribution in [0.2, 0.25) is 5.15 Å². The van der Waals surface area contributed by atoms with E-state index in [9.17, 15) is 9.90 Å². The van der Waals surface area contributed by atoms with E-state index in [4.69, 9.17) is 16.7 Å². The molecule has 2 rings (SSSR count). The third-order valence-corrected chi connectivity index (χ3v) is 2.46. The highest BCUT2D eigenvalue weighted by molar-refractivity contribution is 6.29. The first-order valence-corrected chi connectivity index (χ1v) is 5.14. The molecule has 0 saturated carbocycles. The van der Waals surface area contributed by atoms with Crippen molar-refractivity contribution in [1.29, 1.82) is 0 Å². The number of aromatic carboxylic acids is 1. The van der Waals surface area contributed by atoms with Crippen LogP contribution in [0.1, 0.15) is 10.4 Å². The first-order valence-electron chi connectivity index (χ1n) is 4.76. The zero-order valence-corrected chi connectivity index (χ0v) is 9.35. The number of hydrogen-bond donors (Lipinski definition) is 2. The number of carbonyl (C=O) groups is 1. The fourth-order valence-corrected chi connectivity index (χ4v) is 1.67. The lowest BCUT2D eigenvalue weighted by Gasteiger charge is -2.06. The molecule has 5 heteroatoms. The quantitative estimate of drug-likeness (QED) is 0.803. The van der Waals surface area contributed by atoms with Gasteiger partial charge in [-0.15, -0.1) is 0 Å². The minimum Gasteiger partial charge on any atom is -0.508 e. The fraction of sp³-hybridized carbons (Fsp3) is 0. The normalized spacial score (nSPS) is 10.2. The molecule has 0 amide bonds. The van der Waals surface area contributed by atoms with Crippen molar-refractivity contribution in [3.63, 3.8) is 0 Å². The average molecular weight is 250 g/mol. The van der Waals surface area contributed by atoms with Gasteiger partial charge in [-0.25, -0.2) is 9.78 Å². The molecule has 0 aliphatic heterocycles. The highest BCUT2D eigenvalue weighted by Gasteiger charge is 2.13. The van der Waals surface area contributed by atoms with Crippen LogP contribution < -0.4 is 0 Å². The lowest BCUT2D eigenvalue weighted by Crippen LogP contribution is -2.00. The van der Waals surface area contributed by atoms with Crippen molar-refractivity contribution in [3.05, 3.63) is 47.2 Å². The Morgan fingerprint density at radius 3 is 2.71 bits per heavy atom. The fourth-order valence-electron chi connectivity index (χ4n) is 1.51. The number of pyridine rings is 1. The van der Waals surface area contributed by atoms with E-state index in [1.54, 1.807) is 12.1 Å². The molecule has 86 valence electrons. The molecule has 17 heavy (non-hydrogen) atoms. The van der Waals surface area contributed by atoms with Crippen LogP contribution in [-0.4, -0.2) is 21.2 Å². The average Bonchev–Trinajstić information content (AvgIpc) is 2.28. The minimum atomic E-state index is -1.09. The third-order valence-electron chi connectivity index (χ3n) is 2.26. The lowest BCUT2D eigenvalue weighted by atomic mass is 10.0. The zero-order chi connectivity index (χ0) is 12.4. The van der Waals surface area contributed by atoms with Crippen LogP contribution >= 0.6 is 11.6 Å². The van der Waals surface area contributed by atoms with Crippen molar-refractivity contribution in [1.82, 2.24) is 4.98 Å². The maximum atomic E-state index is 11.1. The van der Waals surface area contributed by atoms with E-state index in [1.807, 2.05) is 0 Å². The summed E-state index contributed by atoms with van der Waals surface area (Å²) < 4.78 is 0. The number of nitrogens with zero attached hydrogens (tertiary/aromatic N) is 1. The van der Waals surface area contributed by atoms with Crippen LogP contribution in [-0.2, 0) is 0 Å². The summed E-state index contributed by atoms with van der Waals surface area (Å²) in [5.74, 6) is -1.03. The van der Waals surface area contributed by atoms with E-state index in [-0.39, 0.29) is 16.5 Å². The molecule has 1 heterocycles. The van der Waals surface area contributed by atoms with Crippen LogP contribution in [0.15, 0.2) is 36.5 Å². The van der Waals surface area contributed by atoms with Gasteiger partial charge in [0.05, 0.1) is 5.56 Å². The Bertz CT molecular complexity index is 584. The molecule has 0 unspecified atom stereocenters. The van der Waals surface area contributed by atoms with Crippen LogP contribution in [0.4, 0.5) is 0 Å². The SMILES string of the molecule is O=C(O)c1cc(Cl)ncc1-c1cccc(O)c1. The number of phenolic OH excluding ortho intramolecular Hbond substituents is 1. The number of rotatable bonds is 2. The highest BCUT2D eigenvalue weighted by atomic mass is 35.5. The molecule has 2 N–H and O–H groups in total. The van der Waals surface area contributed by atoms with Gasteiger partial charge in [0.25, 0.3) is 0 Å². The molecule has 1 aromatic heterocycles. The molecule has 0 aliphatic rings. The maximum Gasteiger partial charge on any atom is 0.336 e. The number of aromatic nitrogens is 1. The molecule has 0 radical (unpaired) electrons. The monoisotopic (exact) mass is 249 g/mol. The van der Waals surface area contributed by atoms with Gasteiger partial charge in [0.15, 0.2) is 0 Å². The lowest BCUT2D eigenvalue weighted by molar-refractivity contribution is 0.0697. The molecule has 1 aromatic carbocycles. The van der Waals surface area contributed by atoms with Gasteiger partial charge < -0.3 is 10.2 Å². The largest absolute Gasteiger partial charge is 0.508 e. The van der Waals surface area contributed by atoms with Gasteiger partial charge in [0.2, 0.25) is 0 Å². The summed E-state index contributed by atoms with van der Waals surface area (Å²) >= 11 is 5.66. The molecule has 4 nitrogen and oxygen atoms in total. The van der Waals surface area contributed by atoms with E-state index in [1.165, 1.54) is 24.4 Å². The van der Waals surface area contributed by atoms with Crippen LogP contribution in [0.3, 0.4) is 0 Å². The summed E-state index contributed by atoms with van der Waals surface area (Å²) in [5, 5.41) is 18.6. The minimum absolute atomic E-state index is 0.0515. The van der Waals surface area contributed by atoms with Crippen molar-refractivity contribution < 1.29 is 15.0 Å². The Kier molecular flexibility index (Phi) is 2.97. The first-order chi connectivity index (χ1) is 8.08. The summed E-state index contributed by atoms with van der Waals surface area (Å²) in [7, 11) is 0. The molecule has 0 atom stereocenters. The van der Waals surface area contributed by atoms with Gasteiger partial charge in [0.1, 0.15) is 10.9 Å². The second-order valence-corrected chi connectivity index (χ2v) is 3.80. The Labute approximate surface area is 102 Å². The van der Waals surface area contributed by atoms with Gasteiger partial charge in [-0.1, -0.05) is 23.7 Å². The molecular weight excluding hydrogens is 242 g/mol. The molecule has 0 fully saturated rings. The van der Waals surface area contributed by atoms with Crippen LogP contribution in [0.5, 0.6) is 5.75 Å². The highest BCUT2D eigenvalue weighted by Crippen LogP contribution is 2.27. The van der Waals surface area contributed by atoms with Crippen molar-refractivity contribution in [2.75, 3.05) is 0 Å². The third kappa shape index (κ3) is 2.37. The summed E-state index contributed by atoms with van der Waals surface area (Å²) in [4.78, 5) is 14.9. The second kappa shape index (κ2) is 4.43. The number of carboxylic acids is 1. The van der Waals surface area contributed by atoms with Crippen LogP contribution in [0, 0.1) is 0 Å². The van der Waals surface area contributed by atoms with Crippen LogP contribution in [0.25, 0.3) is 11.1 Å². The summed E-state index contributed by atoms with van der Waals surface area (Å²) in [6.07, 6.45) is 1.38. The van der Waals surface area contributed by atoms with E-state index in [0.717, 1.165) is 0 Å². The van der Waals surface area contributed by atoms with Crippen molar-refractivity contribution in [3.8, 4) is 16.9 Å². The topological polar surface area (TPSA) is 70.4 Å². The zero-order valence-electron chi connectivity index (χ0n) is 8.59. The number of aromatic hydroxyl groups is 1. The predicted molar refractivity (Wildman–Crippen MR) is 63.3 cm³/mol. The summed E-state index contributed by atoms with van der Waals surface area (Å²) in [6.45, 7) is 0. The number of hydrogen-bond acceptors (Lipinski definition) is 3. The summed E-state index contributed by atoms with van der Waals surface area (Å²) in [6, 6.07) is 7.58. The second-order valence-electron chi connectivity index (χ2n) is 3.41. The van der Waals surface area contributed by atoms with Gasteiger partial charge in [0, 0.05) is 11.8 Å². The van der Waals surface area contributed by atoms with E-state index in [2.05, 4.69) is 4.98 Å². The standard InChI is InChI=1S/C12H8ClNO3/c13-11-5-9(12(16)17)10(6-14-11)7-2-1-3-8(15)4-7/h1-6,15H,(H,16,17). The van der Waals surface area contributed by atoms with E-state index < -0.39 is 5.97 Å². The van der Waals surface area contributed by atoms with Gasteiger partial charge in [-0.2, -0.15) is 0 Å². The van der Waals surface area contributed by atoms with Gasteiger partial charge in [-0.3, -0.25) is 0 Å². The Balaban J connectivity index is 2.63. The molecule has 0 saturated heterocycles. The number of phenols is 1. The Morgan fingerprint density at radius 2 is 2.06 bits per heavy atom. The predicted octanol–water partition coefficient (Wildman–Crippen LogP) is 2.81. The molecule has 0 spiro atoms. The molecule has 0 bridgehead atoms. The Morgan fingerprint density at radius 1 is 1.29 bits per heavy atom. The maximum absolute atomic E-state index is 11.1. The molecule has 0 aliphatic carbocycles. The molecule has 2 aromatic rings. The van der Waals surface area contributed by atoms with Gasteiger partial charge in [-0.05, 0) is 23.8 Å². The Hall–Kier alpha value is -2.07. The smallest absolute Gasteiger partial charge is 0.336 e. The van der Waals surface area contributed by atoms with Crippen molar-refractivity contribution in [2.24, 2.45) is 0 Å². The number of benzene rings is 1. The van der Waals surface area contributed by atoms with E-state index >= 15 is 0 Å². The van der Waals surface area contributed by atoms with E-state index in [0.29, 0.717) is 11.1 Å². The number of halogens is 1. The number of carboxylic acid groups (broad SMARTS) is 1. The van der Waals surface area contributed by atoms with Crippen molar-refractivity contribution in [2.45, 2.75) is 0 Å². The summed E-state index contributed by atoms with van der Waals surface area (Å²) in [5.41, 5.74) is 1.04. The molecular formula is C12H8ClNO3.